The van der Waals surface area contributed by atoms with Crippen LogP contribution < -0.4 is 0 Å². The Morgan fingerprint density at radius 3 is 2.39 bits per heavy atom. The van der Waals surface area contributed by atoms with Crippen molar-refractivity contribution in [3.05, 3.63) is 35.5 Å². The molecule has 0 saturated heterocycles. The maximum Gasteiger partial charge on any atom is 0.0809 e. The predicted octanol–water partition coefficient (Wildman–Crippen LogP) is 7.90. The van der Waals surface area contributed by atoms with Crippen molar-refractivity contribution >= 4 is 0 Å². The van der Waals surface area contributed by atoms with Gasteiger partial charge in [0.25, 0.3) is 0 Å². The number of hydrogen-bond acceptors (Lipinski definition) is 2. The van der Waals surface area contributed by atoms with Gasteiger partial charge in [0.05, 0.1) is 12.2 Å². The molecule has 4 saturated carbocycles. The third-order valence-corrected chi connectivity index (χ3v) is 10.8. The lowest BCUT2D eigenvalue weighted by Crippen LogP contribution is -2.36. The van der Waals surface area contributed by atoms with Crippen LogP contribution in [0.1, 0.15) is 117 Å². The first-order valence-electron chi connectivity index (χ1n) is 14.2. The smallest absolute Gasteiger partial charge is 0.0809 e. The Kier molecular flexibility index (Phi) is 7.96. The molecule has 0 amide bonds. The normalized spacial score (nSPS) is 38.5. The maximum absolute atomic E-state index is 10.2. The van der Waals surface area contributed by atoms with Gasteiger partial charge in [-0.15, -0.1) is 0 Å². The summed E-state index contributed by atoms with van der Waals surface area (Å²) < 4.78 is 0. The standard InChI is InChI=1S/C31H50O2/c1-5-31(17-6-7-18-31)19-8-10-22(2)26-14-15-27-25(11-9-16-30(26,27)4)13-12-24-20-28(32)23(3)29(33)21-24/h12-13,22,26-29,32-33H,3,5-11,14-21H2,1-2,4H3/b25-13+/t22-,26?,27?,28+,29+,30+/m0/s1. The molecule has 186 valence electrons. The number of aliphatic hydroxyl groups is 2. The molecule has 4 rings (SSSR count). The molecule has 4 aliphatic carbocycles. The average molecular weight is 455 g/mol. The van der Waals surface area contributed by atoms with E-state index >= 15 is 0 Å². The van der Waals surface area contributed by atoms with Crippen LogP contribution in [0, 0.1) is 28.6 Å². The molecule has 0 spiro atoms. The summed E-state index contributed by atoms with van der Waals surface area (Å²) in [4.78, 5) is 0. The van der Waals surface area contributed by atoms with E-state index in [-0.39, 0.29) is 0 Å². The Balaban J connectivity index is 1.38. The fourth-order valence-electron chi connectivity index (χ4n) is 8.55. The number of rotatable bonds is 7. The van der Waals surface area contributed by atoms with Crippen LogP contribution >= 0.6 is 0 Å². The van der Waals surface area contributed by atoms with Gasteiger partial charge >= 0.3 is 0 Å². The van der Waals surface area contributed by atoms with Gasteiger partial charge in [0, 0.05) is 0 Å². The number of allylic oxidation sites excluding steroid dienone is 3. The van der Waals surface area contributed by atoms with Crippen LogP contribution in [-0.2, 0) is 0 Å². The molecule has 33 heavy (non-hydrogen) atoms. The molecular formula is C31H50O2. The first-order valence-corrected chi connectivity index (χ1v) is 14.2. The van der Waals surface area contributed by atoms with Crippen molar-refractivity contribution in [1.29, 1.82) is 0 Å². The van der Waals surface area contributed by atoms with Crippen LogP contribution in [0.2, 0.25) is 0 Å². The molecule has 2 heteroatoms. The van der Waals surface area contributed by atoms with Crippen LogP contribution in [0.3, 0.4) is 0 Å². The third-order valence-electron chi connectivity index (χ3n) is 10.8. The zero-order valence-corrected chi connectivity index (χ0v) is 21.7. The van der Waals surface area contributed by atoms with Crippen LogP contribution in [0.25, 0.3) is 0 Å². The molecule has 2 N–H and O–H groups in total. The van der Waals surface area contributed by atoms with Crippen molar-refractivity contribution in [2.45, 2.75) is 129 Å². The van der Waals surface area contributed by atoms with E-state index in [0.717, 1.165) is 17.8 Å². The summed E-state index contributed by atoms with van der Waals surface area (Å²) >= 11 is 0. The molecule has 0 heterocycles. The molecule has 0 aromatic carbocycles. The van der Waals surface area contributed by atoms with Gasteiger partial charge in [-0.05, 0) is 98.4 Å². The van der Waals surface area contributed by atoms with Crippen molar-refractivity contribution in [2.24, 2.45) is 28.6 Å². The van der Waals surface area contributed by atoms with Gasteiger partial charge in [-0.1, -0.05) is 82.8 Å². The second-order valence-corrected chi connectivity index (χ2v) is 12.6. The van der Waals surface area contributed by atoms with Crippen LogP contribution in [-0.4, -0.2) is 22.4 Å². The van der Waals surface area contributed by atoms with Crippen molar-refractivity contribution in [3.63, 3.8) is 0 Å². The zero-order chi connectivity index (χ0) is 23.6. The summed E-state index contributed by atoms with van der Waals surface area (Å²) in [5.41, 5.74) is 4.52. The SMILES string of the molecule is C=C1[C@H](O)CC(=C/C=C2\CCC[C@@]3(C)C2CCC3[C@@H](C)CCCC2(CC)CCCC2)C[C@H]1O. The van der Waals surface area contributed by atoms with E-state index in [1.165, 1.54) is 89.0 Å². The molecule has 6 atom stereocenters. The molecule has 4 fully saturated rings. The predicted molar refractivity (Wildman–Crippen MR) is 139 cm³/mol. The quantitative estimate of drug-likeness (QED) is 0.384. The Morgan fingerprint density at radius 2 is 1.73 bits per heavy atom. The highest BCUT2D eigenvalue weighted by molar-refractivity contribution is 5.29. The van der Waals surface area contributed by atoms with E-state index in [4.69, 9.17) is 0 Å². The molecular weight excluding hydrogens is 404 g/mol. The third kappa shape index (κ3) is 5.22. The lowest BCUT2D eigenvalue weighted by atomic mass is 9.60. The Labute approximate surface area is 203 Å². The first-order chi connectivity index (χ1) is 15.8. The molecule has 4 aliphatic rings. The lowest BCUT2D eigenvalue weighted by molar-refractivity contribution is 0.0910. The summed E-state index contributed by atoms with van der Waals surface area (Å²) in [6.45, 7) is 11.4. The molecule has 0 bridgehead atoms. The Bertz CT molecular complexity index is 739. The van der Waals surface area contributed by atoms with Crippen molar-refractivity contribution in [1.82, 2.24) is 0 Å². The highest BCUT2D eigenvalue weighted by Gasteiger charge is 2.50. The summed E-state index contributed by atoms with van der Waals surface area (Å²) in [6, 6.07) is 0. The molecule has 0 aliphatic heterocycles. The maximum atomic E-state index is 10.2. The van der Waals surface area contributed by atoms with Gasteiger partial charge in [-0.3, -0.25) is 0 Å². The van der Waals surface area contributed by atoms with Gasteiger partial charge in [0.1, 0.15) is 0 Å². The molecule has 0 aromatic rings. The van der Waals surface area contributed by atoms with Gasteiger partial charge in [-0.25, -0.2) is 0 Å². The number of hydrogen-bond donors (Lipinski definition) is 2. The fraction of sp³-hybridized carbons (Fsp3) is 0.806. The first kappa shape index (κ1) is 25.2. The number of aliphatic hydroxyl groups excluding tert-OH is 2. The average Bonchev–Trinajstić information content (AvgIpc) is 3.40. The molecule has 0 radical (unpaired) electrons. The van der Waals surface area contributed by atoms with Gasteiger partial charge in [0.15, 0.2) is 0 Å². The highest BCUT2D eigenvalue weighted by Crippen LogP contribution is 2.60. The Morgan fingerprint density at radius 1 is 1.03 bits per heavy atom. The number of fused-ring (bicyclic) bond motifs is 1. The van der Waals surface area contributed by atoms with Gasteiger partial charge in [0.2, 0.25) is 0 Å². The highest BCUT2D eigenvalue weighted by atomic mass is 16.3. The molecule has 2 nitrogen and oxygen atoms in total. The monoisotopic (exact) mass is 454 g/mol. The summed E-state index contributed by atoms with van der Waals surface area (Å²) in [7, 11) is 0. The van der Waals surface area contributed by atoms with Crippen LogP contribution in [0.4, 0.5) is 0 Å². The Hall–Kier alpha value is -0.860. The summed E-state index contributed by atoms with van der Waals surface area (Å²) in [5.74, 6) is 2.42. The molecule has 2 unspecified atom stereocenters. The summed E-state index contributed by atoms with van der Waals surface area (Å²) in [5, 5.41) is 20.4. The van der Waals surface area contributed by atoms with E-state index < -0.39 is 12.2 Å². The van der Waals surface area contributed by atoms with Crippen molar-refractivity contribution < 1.29 is 10.2 Å². The van der Waals surface area contributed by atoms with E-state index in [1.807, 2.05) is 0 Å². The second-order valence-electron chi connectivity index (χ2n) is 12.6. The minimum absolute atomic E-state index is 0.456. The summed E-state index contributed by atoms with van der Waals surface area (Å²) in [6.07, 6.45) is 22.9. The van der Waals surface area contributed by atoms with Crippen molar-refractivity contribution in [3.8, 4) is 0 Å². The van der Waals surface area contributed by atoms with E-state index in [2.05, 4.69) is 39.5 Å². The minimum Gasteiger partial charge on any atom is -0.388 e. The zero-order valence-electron chi connectivity index (χ0n) is 21.7. The van der Waals surface area contributed by atoms with E-state index in [0.29, 0.717) is 29.2 Å². The van der Waals surface area contributed by atoms with Crippen LogP contribution in [0.15, 0.2) is 35.5 Å². The minimum atomic E-state index is -0.595. The van der Waals surface area contributed by atoms with E-state index in [1.54, 1.807) is 5.57 Å². The largest absolute Gasteiger partial charge is 0.388 e. The van der Waals surface area contributed by atoms with Crippen LogP contribution in [0.5, 0.6) is 0 Å². The molecule has 0 aromatic heterocycles. The van der Waals surface area contributed by atoms with Gasteiger partial charge < -0.3 is 10.2 Å². The topological polar surface area (TPSA) is 40.5 Å². The van der Waals surface area contributed by atoms with Gasteiger partial charge in [-0.2, -0.15) is 0 Å². The second kappa shape index (κ2) is 10.4. The lowest BCUT2D eigenvalue weighted by Gasteiger charge is -2.44. The van der Waals surface area contributed by atoms with Crippen molar-refractivity contribution in [2.75, 3.05) is 0 Å². The fourth-order valence-corrected chi connectivity index (χ4v) is 8.55. The van der Waals surface area contributed by atoms with E-state index in [9.17, 15) is 10.2 Å².